The van der Waals surface area contributed by atoms with Gasteiger partial charge in [0, 0.05) is 22.9 Å². The molecule has 136 valence electrons. The second-order valence-electron chi connectivity index (χ2n) is 6.65. The van der Waals surface area contributed by atoms with Gasteiger partial charge in [-0.25, -0.2) is 13.2 Å². The van der Waals surface area contributed by atoms with E-state index in [2.05, 4.69) is 10.6 Å². The number of anilines is 1. The van der Waals surface area contributed by atoms with Crippen LogP contribution in [0.15, 0.2) is 36.4 Å². The fourth-order valence-electron chi connectivity index (χ4n) is 2.79. The standard InChI is InChI=1S/C19H17F3N2O2/c1-19(7-2-8-19)24-17(25)11-3-5-14(20)13(9-11)18(26)23-12-4-6-15(21)16(22)10-12/h3-6,9-10H,2,7-8H2,1H3,(H,23,26)(H,24,25). The van der Waals surface area contributed by atoms with E-state index in [1.807, 2.05) is 6.92 Å². The predicted molar refractivity (Wildman–Crippen MR) is 90.4 cm³/mol. The van der Waals surface area contributed by atoms with Crippen LogP contribution in [-0.4, -0.2) is 17.4 Å². The van der Waals surface area contributed by atoms with E-state index in [1.165, 1.54) is 6.07 Å². The molecule has 26 heavy (non-hydrogen) atoms. The van der Waals surface area contributed by atoms with Gasteiger partial charge in [0.2, 0.25) is 0 Å². The first-order chi connectivity index (χ1) is 12.3. The van der Waals surface area contributed by atoms with Crippen molar-refractivity contribution in [1.82, 2.24) is 5.32 Å². The van der Waals surface area contributed by atoms with Gasteiger partial charge in [0.1, 0.15) is 5.82 Å². The second kappa shape index (κ2) is 6.82. The molecule has 0 atom stereocenters. The lowest BCUT2D eigenvalue weighted by Gasteiger charge is -2.39. The van der Waals surface area contributed by atoms with Crippen LogP contribution in [0.2, 0.25) is 0 Å². The maximum Gasteiger partial charge on any atom is 0.258 e. The highest BCUT2D eigenvalue weighted by molar-refractivity contribution is 6.06. The molecule has 0 unspecified atom stereocenters. The zero-order chi connectivity index (χ0) is 18.9. The Morgan fingerprint density at radius 2 is 1.62 bits per heavy atom. The zero-order valence-electron chi connectivity index (χ0n) is 14.0. The van der Waals surface area contributed by atoms with Crippen LogP contribution < -0.4 is 10.6 Å². The number of benzene rings is 2. The van der Waals surface area contributed by atoms with Gasteiger partial charge in [-0.2, -0.15) is 0 Å². The number of amides is 2. The highest BCUT2D eigenvalue weighted by Gasteiger charge is 2.33. The monoisotopic (exact) mass is 362 g/mol. The summed E-state index contributed by atoms with van der Waals surface area (Å²) in [5.74, 6) is -4.27. The largest absolute Gasteiger partial charge is 0.347 e. The Balaban J connectivity index is 1.79. The van der Waals surface area contributed by atoms with Crippen molar-refractivity contribution in [2.45, 2.75) is 31.7 Å². The minimum absolute atomic E-state index is 0.0230. The molecule has 2 N–H and O–H groups in total. The van der Waals surface area contributed by atoms with Crippen molar-refractivity contribution in [2.75, 3.05) is 5.32 Å². The lowest BCUT2D eigenvalue weighted by Crippen LogP contribution is -2.50. The van der Waals surface area contributed by atoms with Gasteiger partial charge in [0.05, 0.1) is 5.56 Å². The van der Waals surface area contributed by atoms with E-state index in [0.29, 0.717) is 0 Å². The molecule has 0 aliphatic heterocycles. The molecule has 1 aliphatic carbocycles. The summed E-state index contributed by atoms with van der Waals surface area (Å²) >= 11 is 0. The lowest BCUT2D eigenvalue weighted by molar-refractivity contribution is 0.0850. The van der Waals surface area contributed by atoms with Crippen LogP contribution in [0.5, 0.6) is 0 Å². The molecule has 1 saturated carbocycles. The SMILES string of the molecule is CC1(NC(=O)c2ccc(F)c(C(=O)Nc3ccc(F)c(F)c3)c2)CCC1. The third kappa shape index (κ3) is 3.71. The van der Waals surface area contributed by atoms with Gasteiger partial charge >= 0.3 is 0 Å². The number of hydrogen-bond acceptors (Lipinski definition) is 2. The van der Waals surface area contributed by atoms with E-state index in [-0.39, 0.29) is 22.4 Å². The highest BCUT2D eigenvalue weighted by atomic mass is 19.2. The van der Waals surface area contributed by atoms with Crippen molar-refractivity contribution in [3.8, 4) is 0 Å². The van der Waals surface area contributed by atoms with Crippen molar-refractivity contribution >= 4 is 17.5 Å². The van der Waals surface area contributed by atoms with E-state index in [4.69, 9.17) is 0 Å². The molecule has 7 heteroatoms. The molecule has 1 fully saturated rings. The average Bonchev–Trinajstić information content (AvgIpc) is 2.57. The maximum atomic E-state index is 14.0. The molecular weight excluding hydrogens is 345 g/mol. The fraction of sp³-hybridized carbons (Fsp3) is 0.263. The second-order valence-corrected chi connectivity index (χ2v) is 6.65. The minimum Gasteiger partial charge on any atom is -0.347 e. The quantitative estimate of drug-likeness (QED) is 0.863. The summed E-state index contributed by atoms with van der Waals surface area (Å²) in [4.78, 5) is 24.6. The summed E-state index contributed by atoms with van der Waals surface area (Å²) in [6, 6.07) is 6.26. The molecule has 1 aliphatic rings. The number of rotatable bonds is 4. The first kappa shape index (κ1) is 18.0. The van der Waals surface area contributed by atoms with Crippen LogP contribution in [0.25, 0.3) is 0 Å². The number of carbonyl (C=O) groups is 2. The Morgan fingerprint density at radius 3 is 2.23 bits per heavy atom. The van der Waals surface area contributed by atoms with E-state index in [9.17, 15) is 22.8 Å². The van der Waals surface area contributed by atoms with Gasteiger partial charge < -0.3 is 10.6 Å². The van der Waals surface area contributed by atoms with Gasteiger partial charge in [-0.3, -0.25) is 9.59 Å². The molecule has 2 aromatic carbocycles. The van der Waals surface area contributed by atoms with Crippen LogP contribution in [-0.2, 0) is 0 Å². The molecule has 0 heterocycles. The molecule has 0 bridgehead atoms. The van der Waals surface area contributed by atoms with Crippen LogP contribution in [0, 0.1) is 17.5 Å². The summed E-state index contributed by atoms with van der Waals surface area (Å²) in [5, 5.41) is 5.16. The van der Waals surface area contributed by atoms with Crippen LogP contribution >= 0.6 is 0 Å². The zero-order valence-corrected chi connectivity index (χ0v) is 14.0. The number of hydrogen-bond donors (Lipinski definition) is 2. The maximum absolute atomic E-state index is 14.0. The van der Waals surface area contributed by atoms with Crippen LogP contribution in [0.1, 0.15) is 46.9 Å². The lowest BCUT2D eigenvalue weighted by atomic mass is 9.78. The third-order valence-electron chi connectivity index (χ3n) is 4.52. The molecule has 0 spiro atoms. The molecule has 3 rings (SSSR count). The average molecular weight is 362 g/mol. The molecule has 4 nitrogen and oxygen atoms in total. The smallest absolute Gasteiger partial charge is 0.258 e. The van der Waals surface area contributed by atoms with E-state index < -0.39 is 29.3 Å². The van der Waals surface area contributed by atoms with Crippen molar-refractivity contribution in [1.29, 1.82) is 0 Å². The van der Waals surface area contributed by atoms with Crippen molar-refractivity contribution < 1.29 is 22.8 Å². The van der Waals surface area contributed by atoms with Crippen molar-refractivity contribution in [3.63, 3.8) is 0 Å². The summed E-state index contributed by atoms with van der Waals surface area (Å²) < 4.78 is 40.2. The Morgan fingerprint density at radius 1 is 0.923 bits per heavy atom. The first-order valence-electron chi connectivity index (χ1n) is 8.16. The van der Waals surface area contributed by atoms with Crippen molar-refractivity contribution in [3.05, 3.63) is 65.0 Å². The fourth-order valence-corrected chi connectivity index (χ4v) is 2.79. The highest BCUT2D eigenvalue weighted by Crippen LogP contribution is 2.31. The molecule has 2 aromatic rings. The summed E-state index contributed by atoms with van der Waals surface area (Å²) in [6.07, 6.45) is 2.76. The van der Waals surface area contributed by atoms with Gasteiger partial charge in [-0.1, -0.05) is 0 Å². The van der Waals surface area contributed by atoms with Crippen molar-refractivity contribution in [2.24, 2.45) is 0 Å². The normalized spacial score (nSPS) is 15.1. The van der Waals surface area contributed by atoms with Crippen LogP contribution in [0.4, 0.5) is 18.9 Å². The molecular formula is C19H17F3N2O2. The van der Waals surface area contributed by atoms with E-state index in [1.54, 1.807) is 0 Å². The first-order valence-corrected chi connectivity index (χ1v) is 8.16. The Kier molecular flexibility index (Phi) is 4.71. The Bertz CT molecular complexity index is 879. The summed E-state index contributed by atoms with van der Waals surface area (Å²) in [6.45, 7) is 1.93. The predicted octanol–water partition coefficient (Wildman–Crippen LogP) is 4.03. The van der Waals surface area contributed by atoms with Gasteiger partial charge in [-0.05, 0) is 56.5 Å². The Hall–Kier alpha value is -2.83. The van der Waals surface area contributed by atoms with E-state index >= 15 is 0 Å². The molecule has 0 saturated heterocycles. The summed E-state index contributed by atoms with van der Waals surface area (Å²) in [5.41, 5.74) is -0.513. The Labute approximate surface area is 148 Å². The molecule has 2 amide bonds. The van der Waals surface area contributed by atoms with Gasteiger partial charge in [0.15, 0.2) is 11.6 Å². The van der Waals surface area contributed by atoms with Crippen LogP contribution in [0.3, 0.4) is 0 Å². The topological polar surface area (TPSA) is 58.2 Å². The number of nitrogens with one attached hydrogen (secondary N) is 2. The number of carbonyl (C=O) groups excluding carboxylic acids is 2. The van der Waals surface area contributed by atoms with Gasteiger partial charge in [-0.15, -0.1) is 0 Å². The summed E-state index contributed by atoms with van der Waals surface area (Å²) in [7, 11) is 0. The molecule has 0 radical (unpaired) electrons. The molecule has 0 aromatic heterocycles. The minimum atomic E-state index is -1.13. The van der Waals surface area contributed by atoms with E-state index in [0.717, 1.165) is 49.6 Å². The third-order valence-corrected chi connectivity index (χ3v) is 4.52. The number of halogens is 3. The van der Waals surface area contributed by atoms with Gasteiger partial charge in [0.25, 0.3) is 11.8 Å².